The van der Waals surface area contributed by atoms with Gasteiger partial charge in [-0.05, 0) is 12.1 Å². The van der Waals surface area contributed by atoms with Gasteiger partial charge >= 0.3 is 5.97 Å². The van der Waals surface area contributed by atoms with Crippen LogP contribution in [0.3, 0.4) is 0 Å². The summed E-state index contributed by atoms with van der Waals surface area (Å²) < 4.78 is 10.0. The van der Waals surface area contributed by atoms with E-state index in [2.05, 4.69) is 0 Å². The summed E-state index contributed by atoms with van der Waals surface area (Å²) in [4.78, 5) is 11.5. The molecule has 0 amide bonds. The Kier molecular flexibility index (Phi) is 2.37. The maximum atomic E-state index is 11.5. The summed E-state index contributed by atoms with van der Waals surface area (Å²) in [7, 11) is 0. The molecule has 4 heteroatoms. The van der Waals surface area contributed by atoms with Gasteiger partial charge in [-0.15, -0.1) is 0 Å². The van der Waals surface area contributed by atoms with Gasteiger partial charge < -0.3 is 15.2 Å². The van der Waals surface area contributed by atoms with Crippen LogP contribution in [0, 0.1) is 0 Å². The van der Waals surface area contributed by atoms with Crippen molar-refractivity contribution in [3.63, 3.8) is 0 Å². The molecule has 2 rings (SSSR count). The van der Waals surface area contributed by atoms with Gasteiger partial charge in [0.25, 0.3) is 0 Å². The molecule has 0 unspecified atom stereocenters. The number of rotatable bonds is 2. The maximum absolute atomic E-state index is 11.5. The molecule has 0 atom stereocenters. The van der Waals surface area contributed by atoms with E-state index in [-0.39, 0.29) is 12.1 Å². The number of benzene rings is 1. The van der Waals surface area contributed by atoms with Crippen LogP contribution in [0.15, 0.2) is 24.3 Å². The zero-order chi connectivity index (χ0) is 9.97. The highest BCUT2D eigenvalue weighted by molar-refractivity contribution is 5.95. The minimum atomic E-state index is -0.378. The normalized spacial score (nSPS) is 16.0. The van der Waals surface area contributed by atoms with Crippen molar-refractivity contribution in [1.29, 1.82) is 0 Å². The topological polar surface area (TPSA) is 61.6 Å². The largest absolute Gasteiger partial charge is 0.454 e. The van der Waals surface area contributed by atoms with E-state index >= 15 is 0 Å². The smallest absolute Gasteiger partial charge is 0.340 e. The van der Waals surface area contributed by atoms with Crippen molar-refractivity contribution in [1.82, 2.24) is 0 Å². The summed E-state index contributed by atoms with van der Waals surface area (Å²) in [6.07, 6.45) is -0.109. The van der Waals surface area contributed by atoms with Crippen molar-refractivity contribution in [3.05, 3.63) is 29.8 Å². The van der Waals surface area contributed by atoms with E-state index < -0.39 is 0 Å². The molecule has 0 aromatic heterocycles. The second-order valence-electron chi connectivity index (χ2n) is 3.15. The lowest BCUT2D eigenvalue weighted by Gasteiger charge is -2.25. The Morgan fingerprint density at radius 1 is 1.43 bits per heavy atom. The van der Waals surface area contributed by atoms with E-state index in [9.17, 15) is 4.79 Å². The highest BCUT2D eigenvalue weighted by Crippen LogP contribution is 2.15. The predicted octanol–water partition coefficient (Wildman–Crippen LogP) is 0.824. The monoisotopic (exact) mass is 193 g/mol. The zero-order valence-corrected chi connectivity index (χ0v) is 7.60. The van der Waals surface area contributed by atoms with Gasteiger partial charge in [0.05, 0.1) is 18.8 Å². The third-order valence-electron chi connectivity index (χ3n) is 2.06. The van der Waals surface area contributed by atoms with Crippen LogP contribution in [0.1, 0.15) is 10.4 Å². The van der Waals surface area contributed by atoms with Gasteiger partial charge in [-0.25, -0.2) is 4.79 Å². The second kappa shape index (κ2) is 3.67. The van der Waals surface area contributed by atoms with Crippen molar-refractivity contribution in [2.45, 2.75) is 6.10 Å². The molecule has 0 radical (unpaired) electrons. The van der Waals surface area contributed by atoms with Crippen molar-refractivity contribution in [2.24, 2.45) is 0 Å². The van der Waals surface area contributed by atoms with Crippen LogP contribution < -0.4 is 5.73 Å². The van der Waals surface area contributed by atoms with Crippen LogP contribution in [0.2, 0.25) is 0 Å². The molecular weight excluding hydrogens is 182 g/mol. The van der Waals surface area contributed by atoms with Crippen molar-refractivity contribution in [3.8, 4) is 0 Å². The summed E-state index contributed by atoms with van der Waals surface area (Å²) in [5.74, 6) is -0.378. The van der Waals surface area contributed by atoms with Crippen LogP contribution >= 0.6 is 0 Å². The van der Waals surface area contributed by atoms with E-state index in [0.717, 1.165) is 0 Å². The number of para-hydroxylation sites is 1. The van der Waals surface area contributed by atoms with Crippen LogP contribution in [-0.4, -0.2) is 25.3 Å². The van der Waals surface area contributed by atoms with E-state index in [0.29, 0.717) is 24.5 Å². The van der Waals surface area contributed by atoms with Crippen LogP contribution in [0.25, 0.3) is 0 Å². The lowest BCUT2D eigenvalue weighted by Crippen LogP contribution is -2.37. The molecule has 0 spiro atoms. The number of anilines is 1. The molecule has 1 aliphatic heterocycles. The van der Waals surface area contributed by atoms with Crippen LogP contribution in [0.5, 0.6) is 0 Å². The van der Waals surface area contributed by atoms with E-state index in [1.54, 1.807) is 24.3 Å². The number of hydrogen-bond donors (Lipinski definition) is 1. The Morgan fingerprint density at radius 2 is 2.14 bits per heavy atom. The first kappa shape index (κ1) is 9.02. The number of hydrogen-bond acceptors (Lipinski definition) is 4. The third-order valence-corrected chi connectivity index (χ3v) is 2.06. The first-order chi connectivity index (χ1) is 6.77. The molecule has 0 aliphatic carbocycles. The van der Waals surface area contributed by atoms with Crippen LogP contribution in [0.4, 0.5) is 5.69 Å². The van der Waals surface area contributed by atoms with Crippen LogP contribution in [-0.2, 0) is 9.47 Å². The predicted molar refractivity (Wildman–Crippen MR) is 50.9 cm³/mol. The van der Waals surface area contributed by atoms with Gasteiger partial charge in [0.15, 0.2) is 0 Å². The lowest BCUT2D eigenvalue weighted by atomic mass is 10.2. The number of ether oxygens (including phenoxy) is 2. The number of carbonyl (C=O) groups is 1. The average Bonchev–Trinajstić information content (AvgIpc) is 2.12. The van der Waals surface area contributed by atoms with Crippen molar-refractivity contribution < 1.29 is 14.3 Å². The Labute approximate surface area is 81.6 Å². The summed E-state index contributed by atoms with van der Waals surface area (Å²) in [6, 6.07) is 6.86. The molecule has 1 saturated heterocycles. The van der Waals surface area contributed by atoms with Crippen molar-refractivity contribution in [2.75, 3.05) is 18.9 Å². The maximum Gasteiger partial charge on any atom is 0.340 e. The first-order valence-electron chi connectivity index (χ1n) is 4.40. The first-order valence-corrected chi connectivity index (χ1v) is 4.40. The molecule has 0 saturated carbocycles. The minimum absolute atomic E-state index is 0.109. The quantitative estimate of drug-likeness (QED) is 0.558. The summed E-state index contributed by atoms with van der Waals surface area (Å²) in [6.45, 7) is 0.969. The summed E-state index contributed by atoms with van der Waals surface area (Å²) in [5, 5.41) is 0. The van der Waals surface area contributed by atoms with E-state index in [4.69, 9.17) is 15.2 Å². The van der Waals surface area contributed by atoms with Gasteiger partial charge in [0.1, 0.15) is 6.10 Å². The fourth-order valence-corrected chi connectivity index (χ4v) is 1.18. The molecule has 4 nitrogen and oxygen atoms in total. The fourth-order valence-electron chi connectivity index (χ4n) is 1.18. The Hall–Kier alpha value is -1.55. The van der Waals surface area contributed by atoms with E-state index in [1.807, 2.05) is 0 Å². The molecule has 74 valence electrons. The minimum Gasteiger partial charge on any atom is -0.454 e. The highest BCUT2D eigenvalue weighted by atomic mass is 16.6. The van der Waals surface area contributed by atoms with Gasteiger partial charge in [0, 0.05) is 5.69 Å². The molecule has 1 aromatic rings. The standard InChI is InChI=1S/C10H11NO3/c11-9-4-2-1-3-8(9)10(12)14-7-5-13-6-7/h1-4,7H,5-6,11H2. The van der Waals surface area contributed by atoms with E-state index in [1.165, 1.54) is 0 Å². The Balaban J connectivity index is 2.06. The molecule has 1 fully saturated rings. The van der Waals surface area contributed by atoms with Crippen molar-refractivity contribution >= 4 is 11.7 Å². The molecule has 1 aliphatic rings. The number of esters is 1. The lowest BCUT2D eigenvalue weighted by molar-refractivity contribution is -0.103. The third kappa shape index (κ3) is 1.70. The Bertz CT molecular complexity index is 347. The van der Waals surface area contributed by atoms with Gasteiger partial charge in [0.2, 0.25) is 0 Å². The number of nitrogens with two attached hydrogens (primary N) is 1. The average molecular weight is 193 g/mol. The molecule has 14 heavy (non-hydrogen) atoms. The van der Waals surface area contributed by atoms with Gasteiger partial charge in [-0.3, -0.25) is 0 Å². The number of carbonyl (C=O) groups excluding carboxylic acids is 1. The zero-order valence-electron chi connectivity index (χ0n) is 7.60. The molecule has 0 bridgehead atoms. The molecule has 1 heterocycles. The summed E-state index contributed by atoms with van der Waals surface area (Å²) >= 11 is 0. The SMILES string of the molecule is Nc1ccccc1C(=O)OC1COC1. The number of nitrogen functional groups attached to an aromatic ring is 1. The summed E-state index contributed by atoms with van der Waals surface area (Å²) in [5.41, 5.74) is 6.48. The molecular formula is C10H11NO3. The molecule has 1 aromatic carbocycles. The second-order valence-corrected chi connectivity index (χ2v) is 3.15. The fraction of sp³-hybridized carbons (Fsp3) is 0.300. The Morgan fingerprint density at radius 3 is 2.71 bits per heavy atom. The molecule has 2 N–H and O–H groups in total. The highest BCUT2D eigenvalue weighted by Gasteiger charge is 2.23. The van der Waals surface area contributed by atoms with Gasteiger partial charge in [-0.1, -0.05) is 12.1 Å². The van der Waals surface area contributed by atoms with Gasteiger partial charge in [-0.2, -0.15) is 0 Å².